The molecular weight excluding hydrogens is 219 g/mol. The van der Waals surface area contributed by atoms with Gasteiger partial charge in [0.25, 0.3) is 0 Å². The Kier molecular flexibility index (Phi) is 23.3. The summed E-state index contributed by atoms with van der Waals surface area (Å²) in [7, 11) is -7.80. The molecule has 62 valence electrons. The van der Waals surface area contributed by atoms with Crippen LogP contribution in [0, 0.1) is 0 Å². The molecule has 0 aliphatic heterocycles. The average Bonchev–Trinajstić information content (AvgIpc) is 1.19. The van der Waals surface area contributed by atoms with E-state index in [9.17, 15) is 0 Å². The summed E-state index contributed by atoms with van der Waals surface area (Å²) in [5, 5.41) is 0. The average molecular weight is 226 g/mol. The van der Waals surface area contributed by atoms with Crippen molar-refractivity contribution < 1.29 is 31.6 Å². The first-order valence-corrected chi connectivity index (χ1v) is 4.05. The van der Waals surface area contributed by atoms with Crippen molar-refractivity contribution in [3.05, 3.63) is 0 Å². The van der Waals surface area contributed by atoms with Gasteiger partial charge in [-0.05, 0) is 0 Å². The Balaban J connectivity index is -0.0000000383. The molecule has 0 aromatic heterocycles. The molecule has 0 bridgehead atoms. The summed E-state index contributed by atoms with van der Waals surface area (Å²) in [6.07, 6.45) is 0. The van der Waals surface area contributed by atoms with Gasteiger partial charge in [0.1, 0.15) is 0 Å². The maximum atomic E-state index is 8.74. The Bertz CT molecular complexity index is 161. The molecule has 0 aliphatic carbocycles. The van der Waals surface area contributed by atoms with Crippen LogP contribution in [0.4, 0.5) is 0 Å². The molecule has 0 atom stereocenters. The van der Waals surface area contributed by atoms with Gasteiger partial charge in [-0.25, -0.2) is 0 Å². The number of hydrogen-bond donors (Lipinski definition) is 4. The summed E-state index contributed by atoms with van der Waals surface area (Å²) in [5.41, 5.74) is 0. The first-order valence-electron chi connectivity index (χ1n) is 1.35. The van der Waals surface area contributed by atoms with Crippen molar-refractivity contribution in [3.63, 3.8) is 0 Å². The van der Waals surface area contributed by atoms with Crippen LogP contribution in [-0.4, -0.2) is 88.9 Å². The van der Waals surface area contributed by atoms with Gasteiger partial charge in [-0.3, -0.25) is 13.6 Å². The van der Waals surface area contributed by atoms with Crippen molar-refractivity contribution in [2.45, 2.75) is 0 Å². The van der Waals surface area contributed by atoms with Crippen molar-refractivity contribution in [2.24, 2.45) is 0 Å². The number of rotatable bonds is 0. The van der Waals surface area contributed by atoms with Crippen LogP contribution in [-0.2, 0) is 14.9 Å². The van der Waals surface area contributed by atoms with Gasteiger partial charge in [-0.1, -0.05) is 0 Å². The molecule has 7 nitrogen and oxygen atoms in total. The van der Waals surface area contributed by atoms with Crippen LogP contribution in [0.2, 0.25) is 0 Å². The van der Waals surface area contributed by atoms with Gasteiger partial charge < -0.3 is 9.59 Å². The summed E-state index contributed by atoms with van der Waals surface area (Å²) in [6.45, 7) is 0. The normalized spacial score (nSPS) is 7.45. The molecule has 4 N–H and O–H groups in total. The third-order valence-corrected chi connectivity index (χ3v) is 0. The first kappa shape index (κ1) is 22.8. The van der Waals surface area contributed by atoms with Crippen LogP contribution in [0.1, 0.15) is 0 Å². The van der Waals surface area contributed by atoms with Crippen LogP contribution >= 0.6 is 0 Å². The summed E-state index contributed by atoms with van der Waals surface area (Å²) >= 11 is 0. The molecule has 0 aliphatic rings. The second kappa shape index (κ2) is 11.3. The van der Waals surface area contributed by atoms with E-state index in [1.165, 1.54) is 0 Å². The Morgan fingerprint density at radius 2 is 1.09 bits per heavy atom. The molecule has 0 saturated heterocycles. The van der Waals surface area contributed by atoms with Gasteiger partial charge in [0.05, 0.1) is 0 Å². The van der Waals surface area contributed by atoms with Gasteiger partial charge in [0, 0.05) is 0 Å². The van der Waals surface area contributed by atoms with Crippen LogP contribution in [0.5, 0.6) is 0 Å². The summed E-state index contributed by atoms with van der Waals surface area (Å²) < 4.78 is 40.3. The molecule has 0 amide bonds. The standard InChI is InChI=1S/Mg.Na.H2O4S.H2O3Si.3H/c;;1-5(2,3)4;1-4(2)3;;;/h;;(H2,1,2,3,4);1-2H;;;. The van der Waals surface area contributed by atoms with Gasteiger partial charge in [0.2, 0.25) is 0 Å². The quantitative estimate of drug-likeness (QED) is 0.246. The molecule has 0 aromatic rings. The zero-order valence-corrected chi connectivity index (χ0v) is 5.74. The third-order valence-electron chi connectivity index (χ3n) is 0. The molecule has 0 saturated carbocycles. The van der Waals surface area contributed by atoms with E-state index in [1.807, 2.05) is 0 Å². The van der Waals surface area contributed by atoms with E-state index in [1.54, 1.807) is 0 Å². The molecule has 11 heteroatoms. The van der Waals surface area contributed by atoms with E-state index in [0.29, 0.717) is 0 Å². The van der Waals surface area contributed by atoms with E-state index in [4.69, 9.17) is 31.6 Å². The molecule has 0 heterocycles. The zero-order valence-electron chi connectivity index (χ0n) is 3.92. The van der Waals surface area contributed by atoms with Crippen LogP contribution in [0.25, 0.3) is 0 Å². The van der Waals surface area contributed by atoms with Gasteiger partial charge >= 0.3 is 72.2 Å². The second-order valence-electron chi connectivity index (χ2n) is 0.730. The van der Waals surface area contributed by atoms with Crippen LogP contribution in [0.15, 0.2) is 0 Å². The molecular formula is H7MgNaO7SSi. The molecule has 0 spiro atoms. The fraction of sp³-hybridized carbons (Fsp3) is 0. The van der Waals surface area contributed by atoms with Crippen molar-refractivity contribution in [3.8, 4) is 0 Å². The van der Waals surface area contributed by atoms with Crippen molar-refractivity contribution in [1.82, 2.24) is 0 Å². The van der Waals surface area contributed by atoms with E-state index in [-0.39, 0.29) is 52.6 Å². The summed E-state index contributed by atoms with van der Waals surface area (Å²) in [6, 6.07) is 0. The number of hydrogen-bond acceptors (Lipinski definition) is 3. The Labute approximate surface area is 103 Å². The topological polar surface area (TPSA) is 132 Å². The molecule has 11 heavy (non-hydrogen) atoms. The van der Waals surface area contributed by atoms with E-state index < -0.39 is 19.6 Å². The Hall–Kier alpha value is 1.25. The minimum absolute atomic E-state index is 0. The first-order chi connectivity index (χ1) is 3.73. The van der Waals surface area contributed by atoms with Crippen molar-refractivity contribution in [2.75, 3.05) is 0 Å². The van der Waals surface area contributed by atoms with Crippen molar-refractivity contribution >= 4 is 72.2 Å². The predicted molar refractivity (Wildman–Crippen MR) is 40.7 cm³/mol. The van der Waals surface area contributed by atoms with Gasteiger partial charge in [0.15, 0.2) is 0 Å². The fourth-order valence-electron chi connectivity index (χ4n) is 0. The summed E-state index contributed by atoms with van der Waals surface area (Å²) in [4.78, 5) is 14.3. The molecule has 0 radical (unpaired) electrons. The van der Waals surface area contributed by atoms with Crippen LogP contribution < -0.4 is 0 Å². The fourth-order valence-corrected chi connectivity index (χ4v) is 0. The van der Waals surface area contributed by atoms with E-state index in [2.05, 4.69) is 0 Å². The Morgan fingerprint density at radius 1 is 1.09 bits per heavy atom. The predicted octanol–water partition coefficient (Wildman–Crippen LogP) is -3.83. The van der Waals surface area contributed by atoms with Crippen LogP contribution in [0.3, 0.4) is 0 Å². The van der Waals surface area contributed by atoms with Crippen molar-refractivity contribution in [1.29, 1.82) is 0 Å². The second-order valence-corrected chi connectivity index (χ2v) is 2.19. The molecule has 0 fully saturated rings. The molecule has 0 unspecified atom stereocenters. The monoisotopic (exact) mass is 226 g/mol. The molecule has 0 rings (SSSR count). The zero-order chi connectivity index (χ0) is 8.08. The minimum atomic E-state index is -4.67. The van der Waals surface area contributed by atoms with Gasteiger partial charge in [-0.15, -0.1) is 0 Å². The van der Waals surface area contributed by atoms with Gasteiger partial charge in [-0.2, -0.15) is 8.42 Å². The Morgan fingerprint density at radius 3 is 1.09 bits per heavy atom. The van der Waals surface area contributed by atoms with E-state index >= 15 is 0 Å². The van der Waals surface area contributed by atoms with E-state index in [0.717, 1.165) is 0 Å². The SMILES string of the molecule is O=S(=O)(O)O.O=[Si](O)O.[MgH2].[NaH]. The third kappa shape index (κ3) is 614. The molecule has 0 aromatic carbocycles. The summed E-state index contributed by atoms with van der Waals surface area (Å²) in [5.74, 6) is 0. The maximum absolute atomic E-state index is 8.74.